The minimum Gasteiger partial charge on any atom is -0.346 e. The lowest BCUT2D eigenvalue weighted by atomic mass is 9.80. The molecule has 1 aromatic carbocycles. The van der Waals surface area contributed by atoms with Gasteiger partial charge in [-0.15, -0.1) is 11.3 Å². The van der Waals surface area contributed by atoms with Crippen LogP contribution in [-0.4, -0.2) is 68.7 Å². The number of nitriles is 1. The fourth-order valence-corrected chi connectivity index (χ4v) is 7.79. The molecule has 0 bridgehead atoms. The molecule has 2 heterocycles. The molecule has 1 saturated heterocycles. The van der Waals surface area contributed by atoms with Crippen LogP contribution < -0.4 is 10.2 Å². The van der Waals surface area contributed by atoms with E-state index in [4.69, 9.17) is 10.2 Å². The Hall–Kier alpha value is -2.48. The molecule has 0 radical (unpaired) electrons. The molecule has 1 aliphatic carbocycles. The maximum atomic E-state index is 13.2. The maximum Gasteiger partial charge on any atom is 0.224 e. The van der Waals surface area contributed by atoms with Gasteiger partial charge < -0.3 is 10.2 Å². The largest absolute Gasteiger partial charge is 0.346 e. The molecular formula is C26H35N5O3S2. The van der Waals surface area contributed by atoms with Crippen molar-refractivity contribution in [1.29, 1.82) is 5.26 Å². The molecule has 1 saturated carbocycles. The van der Waals surface area contributed by atoms with Gasteiger partial charge in [0.2, 0.25) is 5.91 Å². The summed E-state index contributed by atoms with van der Waals surface area (Å²) in [5.74, 6) is -0.867. The zero-order valence-corrected chi connectivity index (χ0v) is 22.7. The lowest BCUT2D eigenvalue weighted by Gasteiger charge is -2.36. The number of hydrogen-bond acceptors (Lipinski definition) is 8. The molecular weight excluding hydrogens is 494 g/mol. The monoisotopic (exact) mass is 529 g/mol. The van der Waals surface area contributed by atoms with Crippen LogP contribution >= 0.6 is 11.3 Å². The highest BCUT2D eigenvalue weighted by molar-refractivity contribution is 7.91. The van der Waals surface area contributed by atoms with Gasteiger partial charge in [-0.3, -0.25) is 9.69 Å². The highest BCUT2D eigenvalue weighted by Gasteiger charge is 2.34. The van der Waals surface area contributed by atoms with Crippen LogP contribution in [0.15, 0.2) is 34.5 Å². The Kier molecular flexibility index (Phi) is 8.65. The van der Waals surface area contributed by atoms with Crippen molar-refractivity contribution in [2.75, 3.05) is 43.4 Å². The molecule has 2 aliphatic rings. The first kappa shape index (κ1) is 26.6. The number of hydrogen-bond donors (Lipinski definition) is 1. The van der Waals surface area contributed by atoms with Gasteiger partial charge in [-0.2, -0.15) is 5.26 Å². The number of sulfone groups is 1. The van der Waals surface area contributed by atoms with Gasteiger partial charge >= 0.3 is 0 Å². The summed E-state index contributed by atoms with van der Waals surface area (Å²) in [4.78, 5) is 22.4. The predicted molar refractivity (Wildman–Crippen MR) is 143 cm³/mol. The van der Waals surface area contributed by atoms with Gasteiger partial charge in [-0.25, -0.2) is 13.4 Å². The minimum absolute atomic E-state index is 0.0528. The van der Waals surface area contributed by atoms with Crippen molar-refractivity contribution in [2.45, 2.75) is 50.5 Å². The first-order valence-electron chi connectivity index (χ1n) is 12.7. The van der Waals surface area contributed by atoms with Crippen LogP contribution in [-0.2, 0) is 14.6 Å². The SMILES string of the molecule is CC(C)N1CCN(c2nc(-c3ccc(S(=O)(=O)C[C@H]4CCCC[C@@H]4C(=O)NCC#N)cc3)cs2)CC1. The summed E-state index contributed by atoms with van der Waals surface area (Å²) in [6.45, 7) is 8.37. The second-order valence-corrected chi connectivity index (χ2v) is 12.8. The highest BCUT2D eigenvalue weighted by Crippen LogP contribution is 2.34. The van der Waals surface area contributed by atoms with Gasteiger partial charge in [0.15, 0.2) is 15.0 Å². The molecule has 2 aromatic rings. The third-order valence-corrected chi connectivity index (χ3v) is 10.1. The summed E-state index contributed by atoms with van der Waals surface area (Å²) in [6.07, 6.45) is 3.18. The summed E-state index contributed by atoms with van der Waals surface area (Å²) < 4.78 is 26.4. The van der Waals surface area contributed by atoms with Gasteiger partial charge in [0, 0.05) is 49.1 Å². The van der Waals surface area contributed by atoms with Crippen molar-refractivity contribution >= 4 is 32.2 Å². The fraction of sp³-hybridized carbons (Fsp3) is 0.577. The van der Waals surface area contributed by atoms with Crippen LogP contribution in [0.1, 0.15) is 39.5 Å². The van der Waals surface area contributed by atoms with Gasteiger partial charge in [0.05, 0.1) is 22.4 Å². The third-order valence-electron chi connectivity index (χ3n) is 7.34. The van der Waals surface area contributed by atoms with E-state index in [2.05, 4.69) is 29.0 Å². The van der Waals surface area contributed by atoms with E-state index < -0.39 is 9.84 Å². The van der Waals surface area contributed by atoms with Crippen molar-refractivity contribution in [3.8, 4) is 17.3 Å². The second kappa shape index (κ2) is 11.7. The quantitative estimate of drug-likeness (QED) is 0.521. The zero-order chi connectivity index (χ0) is 25.7. The molecule has 2 fully saturated rings. The molecule has 36 heavy (non-hydrogen) atoms. The molecule has 4 rings (SSSR count). The third kappa shape index (κ3) is 6.25. The standard InChI is InChI=1S/C26H35N5O3S2/c1-19(2)30-13-15-31(16-14-30)26-29-24(17-35-26)20-7-9-22(10-8-20)36(33,34)18-21-5-3-4-6-23(21)25(32)28-12-11-27/h7-10,17,19,21,23H,3-6,12-16,18H2,1-2H3,(H,28,32)/t21-,23+/m1/s1. The van der Waals surface area contributed by atoms with Gasteiger partial charge in [0.1, 0.15) is 6.54 Å². The number of benzene rings is 1. The van der Waals surface area contributed by atoms with Gasteiger partial charge in [-0.05, 0) is 44.7 Å². The normalized spacial score (nSPS) is 21.3. The van der Waals surface area contributed by atoms with Crippen LogP contribution in [0.3, 0.4) is 0 Å². The Morgan fingerprint density at radius 2 is 1.86 bits per heavy atom. The molecule has 194 valence electrons. The summed E-state index contributed by atoms with van der Waals surface area (Å²) in [5, 5.41) is 14.4. The number of rotatable bonds is 8. The summed E-state index contributed by atoms with van der Waals surface area (Å²) >= 11 is 1.62. The first-order valence-corrected chi connectivity index (χ1v) is 15.2. The van der Waals surface area contributed by atoms with Crippen LogP contribution in [0, 0.1) is 23.2 Å². The Labute approximate surface area is 218 Å². The van der Waals surface area contributed by atoms with Gasteiger partial charge in [-0.1, -0.05) is 25.0 Å². The van der Waals surface area contributed by atoms with E-state index in [1.165, 1.54) is 0 Å². The molecule has 1 aromatic heterocycles. The maximum absolute atomic E-state index is 13.2. The number of carbonyl (C=O) groups is 1. The van der Waals surface area contributed by atoms with E-state index >= 15 is 0 Å². The van der Waals surface area contributed by atoms with Crippen LogP contribution in [0.25, 0.3) is 11.3 Å². The number of aromatic nitrogens is 1. The smallest absolute Gasteiger partial charge is 0.224 e. The number of carbonyl (C=O) groups excluding carboxylic acids is 1. The van der Waals surface area contributed by atoms with Crippen LogP contribution in [0.2, 0.25) is 0 Å². The molecule has 0 unspecified atom stereocenters. The Morgan fingerprint density at radius 3 is 2.53 bits per heavy atom. The number of thiazole rings is 1. The van der Waals surface area contributed by atoms with E-state index in [0.29, 0.717) is 18.9 Å². The van der Waals surface area contributed by atoms with Crippen LogP contribution in [0.4, 0.5) is 5.13 Å². The number of nitrogens with zero attached hydrogens (tertiary/aromatic N) is 4. The average Bonchev–Trinajstić information content (AvgIpc) is 3.38. The fourth-order valence-electron chi connectivity index (χ4n) is 5.19. The van der Waals surface area contributed by atoms with E-state index in [-0.39, 0.29) is 34.9 Å². The van der Waals surface area contributed by atoms with Gasteiger partial charge in [0.25, 0.3) is 0 Å². The minimum atomic E-state index is -3.55. The summed E-state index contributed by atoms with van der Waals surface area (Å²) in [6, 6.07) is 9.41. The Morgan fingerprint density at radius 1 is 1.17 bits per heavy atom. The Bertz CT molecular complexity index is 1180. The number of anilines is 1. The summed E-state index contributed by atoms with van der Waals surface area (Å²) in [5.41, 5.74) is 1.75. The molecule has 1 amide bonds. The Balaban J connectivity index is 1.41. The zero-order valence-electron chi connectivity index (χ0n) is 21.0. The van der Waals surface area contributed by atoms with E-state index in [1.807, 2.05) is 23.6 Å². The van der Waals surface area contributed by atoms with Crippen molar-refractivity contribution in [3.05, 3.63) is 29.6 Å². The van der Waals surface area contributed by atoms with Crippen molar-refractivity contribution in [2.24, 2.45) is 11.8 Å². The molecule has 10 heteroatoms. The lowest BCUT2D eigenvalue weighted by molar-refractivity contribution is -0.127. The van der Waals surface area contributed by atoms with Crippen molar-refractivity contribution < 1.29 is 13.2 Å². The highest BCUT2D eigenvalue weighted by atomic mass is 32.2. The molecule has 0 spiro atoms. The van der Waals surface area contributed by atoms with Crippen molar-refractivity contribution in [1.82, 2.24) is 15.2 Å². The number of amides is 1. The van der Waals surface area contributed by atoms with E-state index in [0.717, 1.165) is 55.4 Å². The van der Waals surface area contributed by atoms with Crippen molar-refractivity contribution in [3.63, 3.8) is 0 Å². The number of piperazine rings is 1. The lowest BCUT2D eigenvalue weighted by Crippen LogP contribution is -2.48. The predicted octanol–water partition coefficient (Wildman–Crippen LogP) is 3.56. The number of nitrogens with one attached hydrogen (secondary N) is 1. The first-order chi connectivity index (χ1) is 17.3. The molecule has 2 atom stereocenters. The molecule has 1 aliphatic heterocycles. The van der Waals surface area contributed by atoms with E-state index in [1.54, 1.807) is 23.5 Å². The second-order valence-electron chi connectivity index (χ2n) is 9.96. The molecule has 8 nitrogen and oxygen atoms in total. The summed E-state index contributed by atoms with van der Waals surface area (Å²) in [7, 11) is -3.55. The van der Waals surface area contributed by atoms with E-state index in [9.17, 15) is 13.2 Å². The average molecular weight is 530 g/mol. The topological polar surface area (TPSA) is 106 Å². The molecule has 1 N–H and O–H groups in total. The van der Waals surface area contributed by atoms with Crippen LogP contribution in [0.5, 0.6) is 0 Å².